The zero-order valence-corrected chi connectivity index (χ0v) is 19.4. The van der Waals surface area contributed by atoms with Crippen LogP contribution in [-0.2, 0) is 0 Å². The topological polar surface area (TPSA) is 33.1 Å². The van der Waals surface area contributed by atoms with Gasteiger partial charge in [-0.15, -0.1) is 0 Å². The molecule has 1 saturated carbocycles. The number of pyridine rings is 1. The van der Waals surface area contributed by atoms with Gasteiger partial charge >= 0.3 is 0 Å². The number of thiocarbonyl (C=S) groups is 1. The van der Waals surface area contributed by atoms with Crippen molar-refractivity contribution in [2.45, 2.75) is 50.2 Å². The lowest BCUT2D eigenvalue weighted by Crippen LogP contribution is -2.40. The van der Waals surface area contributed by atoms with Crippen LogP contribution in [0.4, 0.5) is 0 Å². The van der Waals surface area contributed by atoms with Gasteiger partial charge in [0, 0.05) is 29.8 Å². The van der Waals surface area contributed by atoms with Crippen LogP contribution >= 0.6 is 12.2 Å². The second-order valence-electron chi connectivity index (χ2n) is 9.16. The molecule has 4 aromatic rings. The van der Waals surface area contributed by atoms with Gasteiger partial charge in [-0.25, -0.2) is 0 Å². The van der Waals surface area contributed by atoms with Crippen molar-refractivity contribution in [1.82, 2.24) is 19.8 Å². The van der Waals surface area contributed by atoms with Crippen molar-refractivity contribution in [2.75, 3.05) is 0 Å². The summed E-state index contributed by atoms with van der Waals surface area (Å²) in [5.41, 5.74) is 3.46. The Kier molecular flexibility index (Phi) is 5.35. The number of aromatic nitrogens is 2. The predicted octanol–water partition coefficient (Wildman–Crippen LogP) is 6.33. The molecule has 2 aliphatic rings. The van der Waals surface area contributed by atoms with Crippen LogP contribution in [0.2, 0.25) is 0 Å². The molecular weight excluding hydrogens is 424 g/mol. The van der Waals surface area contributed by atoms with Gasteiger partial charge in [-0.05, 0) is 72.2 Å². The van der Waals surface area contributed by atoms with Crippen LogP contribution in [0.1, 0.15) is 55.6 Å². The average molecular weight is 453 g/mol. The smallest absolute Gasteiger partial charge is 0.170 e. The maximum absolute atomic E-state index is 5.95. The van der Waals surface area contributed by atoms with E-state index in [2.05, 4.69) is 87.7 Å². The highest BCUT2D eigenvalue weighted by molar-refractivity contribution is 7.80. The fraction of sp³-hybridized carbons (Fsp3) is 0.286. The standard InChI is InChI=1S/C28H28N4S/c33-28-30-26(24-13-6-7-17-29-24)27(32(28)22-11-2-1-3-12-22)25-14-8-18-31(25)23-16-15-20-9-4-5-10-21(20)19-23/h4-10,13-19,22,26-27H,1-3,11-12H2,(H,30,33)/t26-,27-/m0/s1. The van der Waals surface area contributed by atoms with Gasteiger partial charge in [-0.1, -0.05) is 55.7 Å². The summed E-state index contributed by atoms with van der Waals surface area (Å²) in [5, 5.41) is 7.01. The lowest BCUT2D eigenvalue weighted by atomic mass is 9.92. The molecule has 33 heavy (non-hydrogen) atoms. The minimum atomic E-state index is 0.0229. The molecule has 1 aliphatic heterocycles. The van der Waals surface area contributed by atoms with E-state index in [1.165, 1.54) is 54.3 Å². The van der Waals surface area contributed by atoms with E-state index in [1.807, 2.05) is 12.3 Å². The fourth-order valence-corrected chi connectivity index (χ4v) is 6.02. The molecule has 166 valence electrons. The van der Waals surface area contributed by atoms with Crippen molar-refractivity contribution < 1.29 is 0 Å². The minimum absolute atomic E-state index is 0.0229. The van der Waals surface area contributed by atoms with Gasteiger partial charge in [-0.2, -0.15) is 0 Å². The number of hydrogen-bond acceptors (Lipinski definition) is 2. The van der Waals surface area contributed by atoms with E-state index in [-0.39, 0.29) is 12.1 Å². The number of hydrogen-bond donors (Lipinski definition) is 1. The van der Waals surface area contributed by atoms with E-state index in [1.54, 1.807) is 0 Å². The highest BCUT2D eigenvalue weighted by Gasteiger charge is 2.44. The highest BCUT2D eigenvalue weighted by atomic mass is 32.1. The minimum Gasteiger partial charge on any atom is -0.352 e. The van der Waals surface area contributed by atoms with E-state index in [0.717, 1.165) is 10.8 Å². The lowest BCUT2D eigenvalue weighted by molar-refractivity contribution is 0.193. The van der Waals surface area contributed by atoms with Crippen LogP contribution in [0.3, 0.4) is 0 Å². The molecule has 2 atom stereocenters. The van der Waals surface area contributed by atoms with Gasteiger partial charge in [0.2, 0.25) is 0 Å². The second kappa shape index (κ2) is 8.64. The molecule has 3 heterocycles. The van der Waals surface area contributed by atoms with Gasteiger partial charge in [-0.3, -0.25) is 4.98 Å². The Bertz CT molecular complexity index is 1280. The molecule has 2 aromatic heterocycles. The molecule has 0 radical (unpaired) electrons. The summed E-state index contributed by atoms with van der Waals surface area (Å²) in [7, 11) is 0. The van der Waals surface area contributed by atoms with Crippen LogP contribution in [0.25, 0.3) is 16.5 Å². The summed E-state index contributed by atoms with van der Waals surface area (Å²) in [6.45, 7) is 0. The monoisotopic (exact) mass is 452 g/mol. The molecule has 2 fully saturated rings. The number of rotatable bonds is 4. The van der Waals surface area contributed by atoms with Crippen LogP contribution in [0.5, 0.6) is 0 Å². The molecule has 5 heteroatoms. The van der Waals surface area contributed by atoms with Gasteiger partial charge in [0.05, 0.1) is 17.8 Å². The molecule has 4 nitrogen and oxygen atoms in total. The maximum atomic E-state index is 5.95. The molecule has 1 aliphatic carbocycles. The zero-order valence-electron chi connectivity index (χ0n) is 18.6. The SMILES string of the molecule is S=C1N[C@@H](c2ccccn2)[C@H](c2cccn2-c2ccc3ccccc3c2)N1C1CCCCC1. The van der Waals surface area contributed by atoms with Gasteiger partial charge in [0.1, 0.15) is 0 Å². The largest absolute Gasteiger partial charge is 0.352 e. The lowest BCUT2D eigenvalue weighted by Gasteiger charge is -2.37. The molecule has 0 unspecified atom stereocenters. The molecule has 0 amide bonds. The average Bonchev–Trinajstić information content (AvgIpc) is 3.49. The van der Waals surface area contributed by atoms with Crippen LogP contribution in [0.15, 0.2) is 85.2 Å². The number of nitrogens with one attached hydrogen (secondary N) is 1. The third-order valence-corrected chi connectivity index (χ3v) is 7.53. The Hall–Kier alpha value is -3.18. The van der Waals surface area contributed by atoms with Crippen LogP contribution in [-0.4, -0.2) is 25.6 Å². The van der Waals surface area contributed by atoms with Gasteiger partial charge in [0.25, 0.3) is 0 Å². The molecular formula is C28H28N4S. The Morgan fingerprint density at radius 2 is 1.67 bits per heavy atom. The molecule has 0 spiro atoms. The normalized spacial score (nSPS) is 21.5. The molecule has 2 aromatic carbocycles. The summed E-state index contributed by atoms with van der Waals surface area (Å²) in [5.74, 6) is 0. The summed E-state index contributed by atoms with van der Waals surface area (Å²) in [4.78, 5) is 7.21. The number of nitrogens with zero attached hydrogens (tertiary/aromatic N) is 3. The quantitative estimate of drug-likeness (QED) is 0.367. The summed E-state index contributed by atoms with van der Waals surface area (Å²) >= 11 is 5.95. The Balaban J connectivity index is 1.47. The number of fused-ring (bicyclic) bond motifs is 1. The maximum Gasteiger partial charge on any atom is 0.170 e. The first kappa shape index (κ1) is 20.4. The number of benzene rings is 2. The molecule has 6 rings (SSSR count). The summed E-state index contributed by atoms with van der Waals surface area (Å²) in [6.07, 6.45) is 10.3. The zero-order chi connectivity index (χ0) is 22.2. The Morgan fingerprint density at radius 3 is 2.48 bits per heavy atom. The van der Waals surface area contributed by atoms with E-state index in [9.17, 15) is 0 Å². The van der Waals surface area contributed by atoms with E-state index >= 15 is 0 Å². The van der Waals surface area contributed by atoms with E-state index < -0.39 is 0 Å². The highest BCUT2D eigenvalue weighted by Crippen LogP contribution is 2.43. The molecule has 1 saturated heterocycles. The first-order valence-corrected chi connectivity index (χ1v) is 12.4. The Morgan fingerprint density at radius 1 is 0.848 bits per heavy atom. The Labute approximate surface area is 200 Å². The van der Waals surface area contributed by atoms with Crippen LogP contribution < -0.4 is 5.32 Å². The van der Waals surface area contributed by atoms with Gasteiger partial charge < -0.3 is 14.8 Å². The first-order valence-electron chi connectivity index (χ1n) is 12.0. The summed E-state index contributed by atoms with van der Waals surface area (Å²) in [6, 6.07) is 26.4. The van der Waals surface area contributed by atoms with E-state index in [4.69, 9.17) is 17.2 Å². The van der Waals surface area contributed by atoms with Crippen LogP contribution in [0, 0.1) is 0 Å². The van der Waals surface area contributed by atoms with Crippen molar-refractivity contribution in [3.05, 3.63) is 96.6 Å². The van der Waals surface area contributed by atoms with Crippen molar-refractivity contribution in [3.8, 4) is 5.69 Å². The predicted molar refractivity (Wildman–Crippen MR) is 137 cm³/mol. The first-order chi connectivity index (χ1) is 16.3. The van der Waals surface area contributed by atoms with Crippen molar-refractivity contribution in [2.24, 2.45) is 0 Å². The van der Waals surface area contributed by atoms with Crippen molar-refractivity contribution in [1.29, 1.82) is 0 Å². The fourth-order valence-electron chi connectivity index (χ4n) is 5.63. The second-order valence-corrected chi connectivity index (χ2v) is 9.55. The van der Waals surface area contributed by atoms with Gasteiger partial charge in [0.15, 0.2) is 5.11 Å². The van der Waals surface area contributed by atoms with E-state index in [0.29, 0.717) is 6.04 Å². The third kappa shape index (κ3) is 3.70. The van der Waals surface area contributed by atoms with Crippen molar-refractivity contribution in [3.63, 3.8) is 0 Å². The van der Waals surface area contributed by atoms with Crippen molar-refractivity contribution >= 4 is 28.1 Å². The molecule has 0 bridgehead atoms. The molecule has 1 N–H and O–H groups in total. The summed E-state index contributed by atoms with van der Waals surface area (Å²) < 4.78 is 2.33. The third-order valence-electron chi connectivity index (χ3n) is 7.20.